The topological polar surface area (TPSA) is 30.2 Å². The predicted molar refractivity (Wildman–Crippen MR) is 55.9 cm³/mol. The van der Waals surface area contributed by atoms with Gasteiger partial charge >= 0.3 is 0 Å². The molecule has 14 heavy (non-hydrogen) atoms. The second-order valence-electron chi connectivity index (χ2n) is 3.17. The molecule has 0 saturated carbocycles. The number of ketones is 1. The lowest BCUT2D eigenvalue weighted by Gasteiger charge is -1.94. The van der Waals surface area contributed by atoms with Crippen LogP contribution in [0, 0.1) is 13.8 Å². The standard InChI is InChI=1S/C11H10O2S/c1-7-5-9(6-13-7)11(12)10-3-4-14-8(10)2/h3-6H,1-2H3. The highest BCUT2D eigenvalue weighted by molar-refractivity contribution is 7.10. The van der Waals surface area contributed by atoms with Crippen LogP contribution < -0.4 is 0 Å². The van der Waals surface area contributed by atoms with Crippen molar-refractivity contribution in [1.29, 1.82) is 0 Å². The number of hydrogen-bond acceptors (Lipinski definition) is 3. The van der Waals surface area contributed by atoms with Crippen LogP contribution in [-0.2, 0) is 0 Å². The third-order valence-corrected chi connectivity index (χ3v) is 2.94. The number of hydrogen-bond donors (Lipinski definition) is 0. The summed E-state index contributed by atoms with van der Waals surface area (Å²) >= 11 is 1.58. The Morgan fingerprint density at radius 3 is 2.71 bits per heavy atom. The number of thiophene rings is 1. The molecule has 0 saturated heterocycles. The summed E-state index contributed by atoms with van der Waals surface area (Å²) in [5.74, 6) is 0.807. The maximum atomic E-state index is 11.9. The molecule has 0 bridgehead atoms. The zero-order valence-corrected chi connectivity index (χ0v) is 8.85. The average Bonchev–Trinajstić information content (AvgIpc) is 2.73. The van der Waals surface area contributed by atoms with Gasteiger partial charge in [0.2, 0.25) is 0 Å². The average molecular weight is 206 g/mol. The fourth-order valence-corrected chi connectivity index (χ4v) is 2.03. The molecule has 3 heteroatoms. The molecule has 0 fully saturated rings. The summed E-state index contributed by atoms with van der Waals surface area (Å²) in [7, 11) is 0. The van der Waals surface area contributed by atoms with Gasteiger partial charge in [0.1, 0.15) is 12.0 Å². The normalized spacial score (nSPS) is 10.4. The van der Waals surface area contributed by atoms with E-state index < -0.39 is 0 Å². The minimum Gasteiger partial charge on any atom is -0.469 e. The molecule has 0 atom stereocenters. The van der Waals surface area contributed by atoms with Crippen molar-refractivity contribution < 1.29 is 9.21 Å². The highest BCUT2D eigenvalue weighted by atomic mass is 32.1. The third-order valence-electron chi connectivity index (χ3n) is 2.10. The molecule has 0 aliphatic heterocycles. The monoisotopic (exact) mass is 206 g/mol. The van der Waals surface area contributed by atoms with Gasteiger partial charge in [0.05, 0.1) is 5.56 Å². The lowest BCUT2D eigenvalue weighted by atomic mass is 10.1. The quantitative estimate of drug-likeness (QED) is 0.706. The Morgan fingerprint density at radius 2 is 2.21 bits per heavy atom. The summed E-state index contributed by atoms with van der Waals surface area (Å²) in [6, 6.07) is 3.62. The molecule has 0 aliphatic rings. The van der Waals surface area contributed by atoms with Gasteiger partial charge in [-0.05, 0) is 31.4 Å². The van der Waals surface area contributed by atoms with Crippen molar-refractivity contribution in [3.8, 4) is 0 Å². The van der Waals surface area contributed by atoms with Gasteiger partial charge in [-0.15, -0.1) is 11.3 Å². The molecule has 0 N–H and O–H groups in total. The molecule has 0 unspecified atom stereocenters. The first-order chi connectivity index (χ1) is 6.68. The lowest BCUT2D eigenvalue weighted by molar-refractivity contribution is 0.103. The van der Waals surface area contributed by atoms with Crippen LogP contribution >= 0.6 is 11.3 Å². The van der Waals surface area contributed by atoms with E-state index >= 15 is 0 Å². The minimum atomic E-state index is 0.0422. The van der Waals surface area contributed by atoms with Gasteiger partial charge < -0.3 is 4.42 Å². The second-order valence-corrected chi connectivity index (χ2v) is 4.29. The van der Waals surface area contributed by atoms with Gasteiger partial charge in [-0.3, -0.25) is 4.79 Å². The summed E-state index contributed by atoms with van der Waals surface area (Å²) in [6.45, 7) is 3.78. The summed E-state index contributed by atoms with van der Waals surface area (Å²) in [4.78, 5) is 12.9. The van der Waals surface area contributed by atoms with Gasteiger partial charge in [-0.1, -0.05) is 0 Å². The fraction of sp³-hybridized carbons (Fsp3) is 0.182. The van der Waals surface area contributed by atoms with E-state index in [9.17, 15) is 4.79 Å². The summed E-state index contributed by atoms with van der Waals surface area (Å²) in [6.07, 6.45) is 1.51. The Kier molecular flexibility index (Phi) is 2.25. The first-order valence-electron chi connectivity index (χ1n) is 4.32. The molecule has 2 heterocycles. The summed E-state index contributed by atoms with van der Waals surface area (Å²) in [5.41, 5.74) is 1.40. The van der Waals surface area contributed by atoms with Crippen LogP contribution in [0.5, 0.6) is 0 Å². The van der Waals surface area contributed by atoms with Gasteiger partial charge in [0.25, 0.3) is 0 Å². The zero-order valence-electron chi connectivity index (χ0n) is 8.03. The van der Waals surface area contributed by atoms with Crippen molar-refractivity contribution in [3.05, 3.63) is 45.5 Å². The molecular weight excluding hydrogens is 196 g/mol. The van der Waals surface area contributed by atoms with E-state index in [0.717, 1.165) is 16.2 Å². The Hall–Kier alpha value is -1.35. The van der Waals surface area contributed by atoms with E-state index in [2.05, 4.69) is 0 Å². The Morgan fingerprint density at radius 1 is 1.43 bits per heavy atom. The molecular formula is C11H10O2S. The van der Waals surface area contributed by atoms with E-state index in [0.29, 0.717) is 5.56 Å². The maximum Gasteiger partial charge on any atom is 0.197 e. The molecule has 2 nitrogen and oxygen atoms in total. The van der Waals surface area contributed by atoms with Crippen molar-refractivity contribution >= 4 is 17.1 Å². The number of furan rings is 1. The number of carbonyl (C=O) groups is 1. The first-order valence-corrected chi connectivity index (χ1v) is 5.20. The fourth-order valence-electron chi connectivity index (χ4n) is 1.34. The molecule has 0 amide bonds. The number of carbonyl (C=O) groups excluding carboxylic acids is 1. The van der Waals surface area contributed by atoms with Crippen molar-refractivity contribution in [2.45, 2.75) is 13.8 Å². The Labute approximate surface area is 86.2 Å². The van der Waals surface area contributed by atoms with Gasteiger partial charge in [0.15, 0.2) is 5.78 Å². The number of aryl methyl sites for hydroxylation is 2. The molecule has 2 aromatic rings. The molecule has 0 aliphatic carbocycles. The Bertz CT molecular complexity index is 465. The SMILES string of the molecule is Cc1cc(C(=O)c2ccsc2C)co1. The van der Waals surface area contributed by atoms with Crippen LogP contribution in [0.4, 0.5) is 0 Å². The molecule has 0 radical (unpaired) electrons. The van der Waals surface area contributed by atoms with Crippen molar-refractivity contribution in [1.82, 2.24) is 0 Å². The van der Waals surface area contributed by atoms with Crippen LogP contribution in [-0.4, -0.2) is 5.78 Å². The zero-order chi connectivity index (χ0) is 10.1. The smallest absolute Gasteiger partial charge is 0.197 e. The second kappa shape index (κ2) is 3.42. The number of rotatable bonds is 2. The third kappa shape index (κ3) is 1.51. The summed E-state index contributed by atoms with van der Waals surface area (Å²) in [5, 5.41) is 1.93. The van der Waals surface area contributed by atoms with E-state index in [1.807, 2.05) is 25.3 Å². The van der Waals surface area contributed by atoms with Gasteiger partial charge in [0, 0.05) is 10.4 Å². The van der Waals surface area contributed by atoms with Crippen molar-refractivity contribution in [3.63, 3.8) is 0 Å². The predicted octanol–water partition coefficient (Wildman–Crippen LogP) is 3.19. The molecule has 0 spiro atoms. The van der Waals surface area contributed by atoms with Crippen LogP contribution in [0.15, 0.2) is 28.2 Å². The molecule has 2 rings (SSSR count). The Balaban J connectivity index is 2.38. The molecule has 0 aromatic carbocycles. The van der Waals surface area contributed by atoms with Crippen LogP contribution in [0.2, 0.25) is 0 Å². The van der Waals surface area contributed by atoms with E-state index in [4.69, 9.17) is 4.42 Å². The van der Waals surface area contributed by atoms with E-state index in [1.54, 1.807) is 17.4 Å². The first kappa shape index (κ1) is 9.21. The summed E-state index contributed by atoms with van der Waals surface area (Å²) < 4.78 is 5.11. The minimum absolute atomic E-state index is 0.0422. The van der Waals surface area contributed by atoms with E-state index in [-0.39, 0.29) is 5.78 Å². The maximum absolute atomic E-state index is 11.9. The lowest BCUT2D eigenvalue weighted by Crippen LogP contribution is -1.98. The van der Waals surface area contributed by atoms with E-state index in [1.165, 1.54) is 6.26 Å². The van der Waals surface area contributed by atoms with Crippen molar-refractivity contribution in [2.24, 2.45) is 0 Å². The van der Waals surface area contributed by atoms with Gasteiger partial charge in [-0.25, -0.2) is 0 Å². The van der Waals surface area contributed by atoms with Gasteiger partial charge in [-0.2, -0.15) is 0 Å². The molecule has 72 valence electrons. The largest absolute Gasteiger partial charge is 0.469 e. The van der Waals surface area contributed by atoms with Crippen molar-refractivity contribution in [2.75, 3.05) is 0 Å². The van der Waals surface area contributed by atoms with Crippen LogP contribution in [0.25, 0.3) is 0 Å². The van der Waals surface area contributed by atoms with Crippen LogP contribution in [0.1, 0.15) is 26.6 Å². The van der Waals surface area contributed by atoms with Crippen LogP contribution in [0.3, 0.4) is 0 Å². The highest BCUT2D eigenvalue weighted by Crippen LogP contribution is 2.20. The molecule has 2 aromatic heterocycles. The highest BCUT2D eigenvalue weighted by Gasteiger charge is 2.14.